The minimum Gasteiger partial charge on any atom is -0.383 e. The van der Waals surface area contributed by atoms with E-state index < -0.39 is 0 Å². The summed E-state index contributed by atoms with van der Waals surface area (Å²) in [6.45, 7) is 6.58. The molecule has 1 unspecified atom stereocenters. The first-order valence-electron chi connectivity index (χ1n) is 7.98. The van der Waals surface area contributed by atoms with Gasteiger partial charge in [0, 0.05) is 22.7 Å². The van der Waals surface area contributed by atoms with Crippen molar-refractivity contribution in [3.8, 4) is 11.3 Å². The highest BCUT2D eigenvalue weighted by molar-refractivity contribution is 7.09. The molecule has 1 aromatic heterocycles. The molecular weight excluding hydrogens is 276 g/mol. The van der Waals surface area contributed by atoms with E-state index in [9.17, 15) is 0 Å². The highest BCUT2D eigenvalue weighted by atomic mass is 32.1. The topological polar surface area (TPSA) is 24.9 Å². The summed E-state index contributed by atoms with van der Waals surface area (Å²) in [5.74, 6) is 0. The molecule has 1 atom stereocenters. The SMILES string of the molecule is CCCCCCC(C)Nc1cccc(-c2csc(C)n2)c1. The zero-order chi connectivity index (χ0) is 15.1. The quantitative estimate of drug-likeness (QED) is 0.615. The molecule has 3 heteroatoms. The summed E-state index contributed by atoms with van der Waals surface area (Å²) < 4.78 is 0. The number of aromatic nitrogens is 1. The lowest BCUT2D eigenvalue weighted by Gasteiger charge is -2.15. The van der Waals surface area contributed by atoms with Crippen molar-refractivity contribution in [1.29, 1.82) is 0 Å². The number of aryl methyl sites for hydroxylation is 1. The van der Waals surface area contributed by atoms with Crippen molar-refractivity contribution in [2.45, 2.75) is 58.9 Å². The van der Waals surface area contributed by atoms with Gasteiger partial charge in [-0.3, -0.25) is 0 Å². The van der Waals surface area contributed by atoms with Crippen LogP contribution < -0.4 is 5.32 Å². The third-order valence-corrected chi connectivity index (χ3v) is 4.45. The lowest BCUT2D eigenvalue weighted by atomic mass is 10.1. The number of nitrogens with one attached hydrogen (secondary N) is 1. The van der Waals surface area contributed by atoms with Crippen molar-refractivity contribution in [3.05, 3.63) is 34.7 Å². The molecule has 2 aromatic rings. The number of unbranched alkanes of at least 4 members (excludes halogenated alkanes) is 3. The summed E-state index contributed by atoms with van der Waals surface area (Å²) in [5, 5.41) is 6.86. The molecule has 0 saturated heterocycles. The highest BCUT2D eigenvalue weighted by Gasteiger charge is 2.05. The Morgan fingerprint density at radius 1 is 1.24 bits per heavy atom. The fraction of sp³-hybridized carbons (Fsp3) is 0.500. The second-order valence-electron chi connectivity index (χ2n) is 5.73. The van der Waals surface area contributed by atoms with Gasteiger partial charge in [0.25, 0.3) is 0 Å². The zero-order valence-corrected chi connectivity index (χ0v) is 14.2. The second kappa shape index (κ2) is 8.18. The van der Waals surface area contributed by atoms with E-state index in [1.807, 2.05) is 0 Å². The maximum atomic E-state index is 4.56. The normalized spacial score (nSPS) is 12.3. The van der Waals surface area contributed by atoms with Crippen molar-refractivity contribution in [1.82, 2.24) is 4.98 Å². The van der Waals surface area contributed by atoms with E-state index in [0.717, 1.165) is 10.7 Å². The number of hydrogen-bond donors (Lipinski definition) is 1. The molecule has 0 bridgehead atoms. The van der Waals surface area contributed by atoms with Gasteiger partial charge in [-0.2, -0.15) is 0 Å². The van der Waals surface area contributed by atoms with Crippen molar-refractivity contribution in [3.63, 3.8) is 0 Å². The first-order chi connectivity index (χ1) is 10.2. The summed E-state index contributed by atoms with van der Waals surface area (Å²) in [5.41, 5.74) is 3.47. The first-order valence-corrected chi connectivity index (χ1v) is 8.86. The molecule has 0 aliphatic carbocycles. The molecule has 0 aliphatic heterocycles. The van der Waals surface area contributed by atoms with Crippen LogP contribution in [0.25, 0.3) is 11.3 Å². The Labute approximate surface area is 132 Å². The van der Waals surface area contributed by atoms with Crippen molar-refractivity contribution in [2.75, 3.05) is 5.32 Å². The van der Waals surface area contributed by atoms with E-state index in [1.54, 1.807) is 11.3 Å². The zero-order valence-electron chi connectivity index (χ0n) is 13.4. The molecule has 0 aliphatic rings. The maximum Gasteiger partial charge on any atom is 0.0901 e. The van der Waals surface area contributed by atoms with Gasteiger partial charge in [0.1, 0.15) is 0 Å². The Balaban J connectivity index is 1.92. The molecule has 1 N–H and O–H groups in total. The minimum atomic E-state index is 0.522. The average molecular weight is 302 g/mol. The van der Waals surface area contributed by atoms with Crippen LogP contribution in [0.15, 0.2) is 29.6 Å². The number of benzene rings is 1. The van der Waals surface area contributed by atoms with Crippen molar-refractivity contribution < 1.29 is 0 Å². The summed E-state index contributed by atoms with van der Waals surface area (Å²) in [7, 11) is 0. The molecule has 21 heavy (non-hydrogen) atoms. The molecule has 0 spiro atoms. The fourth-order valence-corrected chi connectivity index (χ4v) is 3.12. The molecule has 1 aromatic carbocycles. The number of rotatable bonds is 8. The second-order valence-corrected chi connectivity index (χ2v) is 6.79. The van der Waals surface area contributed by atoms with Crippen molar-refractivity contribution in [2.24, 2.45) is 0 Å². The van der Waals surface area contributed by atoms with Crippen LogP contribution in [0.4, 0.5) is 5.69 Å². The maximum absolute atomic E-state index is 4.56. The van der Waals surface area contributed by atoms with E-state index in [4.69, 9.17) is 0 Å². The standard InChI is InChI=1S/C18H26N2S/c1-4-5-6-7-9-14(2)19-17-11-8-10-16(12-17)18-13-21-15(3)20-18/h8,10-14,19H,4-7,9H2,1-3H3. The van der Waals surface area contributed by atoms with E-state index in [-0.39, 0.29) is 0 Å². The Kier molecular flexibility index (Phi) is 6.24. The van der Waals surface area contributed by atoms with Crippen LogP contribution in [-0.4, -0.2) is 11.0 Å². The van der Waals surface area contributed by atoms with E-state index in [2.05, 4.69) is 60.7 Å². The van der Waals surface area contributed by atoms with Gasteiger partial charge in [-0.1, -0.05) is 44.7 Å². The predicted octanol–water partition coefficient (Wildman–Crippen LogP) is 5.89. The molecule has 2 nitrogen and oxygen atoms in total. The number of nitrogens with zero attached hydrogens (tertiary/aromatic N) is 1. The molecular formula is C18H26N2S. The van der Waals surface area contributed by atoms with Crippen LogP contribution >= 0.6 is 11.3 Å². The smallest absolute Gasteiger partial charge is 0.0901 e. The molecule has 2 rings (SSSR count). The average Bonchev–Trinajstić information content (AvgIpc) is 2.91. The van der Waals surface area contributed by atoms with E-state index in [0.29, 0.717) is 6.04 Å². The summed E-state index contributed by atoms with van der Waals surface area (Å²) in [6, 6.07) is 9.11. The van der Waals surface area contributed by atoms with Gasteiger partial charge in [-0.25, -0.2) is 4.98 Å². The van der Waals surface area contributed by atoms with Crippen LogP contribution in [0.5, 0.6) is 0 Å². The molecule has 0 amide bonds. The summed E-state index contributed by atoms with van der Waals surface area (Å²) >= 11 is 1.70. The minimum absolute atomic E-state index is 0.522. The van der Waals surface area contributed by atoms with E-state index >= 15 is 0 Å². The van der Waals surface area contributed by atoms with Crippen LogP contribution in [0.2, 0.25) is 0 Å². The summed E-state index contributed by atoms with van der Waals surface area (Å²) in [4.78, 5) is 4.56. The lowest BCUT2D eigenvalue weighted by Crippen LogP contribution is -2.14. The Morgan fingerprint density at radius 3 is 2.81 bits per heavy atom. The Bertz CT molecular complexity index is 548. The first kappa shape index (κ1) is 16.0. The number of hydrogen-bond acceptors (Lipinski definition) is 3. The fourth-order valence-electron chi connectivity index (χ4n) is 2.50. The Morgan fingerprint density at radius 2 is 2.10 bits per heavy atom. The van der Waals surface area contributed by atoms with E-state index in [1.165, 1.54) is 43.4 Å². The van der Waals surface area contributed by atoms with Crippen LogP contribution in [0.3, 0.4) is 0 Å². The number of thiazole rings is 1. The van der Waals surface area contributed by atoms with Crippen molar-refractivity contribution >= 4 is 17.0 Å². The third-order valence-electron chi connectivity index (χ3n) is 3.68. The highest BCUT2D eigenvalue weighted by Crippen LogP contribution is 2.24. The van der Waals surface area contributed by atoms with Gasteiger partial charge in [-0.05, 0) is 32.4 Å². The van der Waals surface area contributed by atoms with Gasteiger partial charge in [0.05, 0.1) is 10.7 Å². The third kappa shape index (κ3) is 5.16. The summed E-state index contributed by atoms with van der Waals surface area (Å²) in [6.07, 6.45) is 6.55. The molecule has 0 saturated carbocycles. The Hall–Kier alpha value is -1.35. The molecule has 0 fully saturated rings. The monoisotopic (exact) mass is 302 g/mol. The number of anilines is 1. The van der Waals surface area contributed by atoms with Gasteiger partial charge >= 0.3 is 0 Å². The van der Waals surface area contributed by atoms with Crippen LogP contribution in [-0.2, 0) is 0 Å². The van der Waals surface area contributed by atoms with Gasteiger partial charge < -0.3 is 5.32 Å². The molecule has 1 heterocycles. The van der Waals surface area contributed by atoms with Crippen LogP contribution in [0.1, 0.15) is 51.0 Å². The lowest BCUT2D eigenvalue weighted by molar-refractivity contribution is 0.594. The van der Waals surface area contributed by atoms with Gasteiger partial charge in [0.15, 0.2) is 0 Å². The van der Waals surface area contributed by atoms with Gasteiger partial charge in [-0.15, -0.1) is 11.3 Å². The molecule has 114 valence electrons. The van der Waals surface area contributed by atoms with Gasteiger partial charge in [0.2, 0.25) is 0 Å². The largest absolute Gasteiger partial charge is 0.383 e. The predicted molar refractivity (Wildman–Crippen MR) is 94.1 cm³/mol. The molecule has 0 radical (unpaired) electrons. The van der Waals surface area contributed by atoms with Crippen LogP contribution in [0, 0.1) is 6.92 Å².